The lowest BCUT2D eigenvalue weighted by Gasteiger charge is -2.36. The average molecular weight is 419 g/mol. The van der Waals surface area contributed by atoms with E-state index in [1.807, 2.05) is 30.3 Å². The molecule has 8 heteroatoms. The van der Waals surface area contributed by atoms with Gasteiger partial charge in [-0.2, -0.15) is 0 Å². The highest BCUT2D eigenvalue weighted by Gasteiger charge is 2.19. The second-order valence-corrected chi connectivity index (χ2v) is 7.90. The molecule has 4 aromatic rings. The molecule has 1 aliphatic heterocycles. The first-order chi connectivity index (χ1) is 15.1. The van der Waals surface area contributed by atoms with Crippen LogP contribution in [0.5, 0.6) is 0 Å². The van der Waals surface area contributed by atoms with Crippen molar-refractivity contribution in [2.45, 2.75) is 0 Å². The molecule has 0 radical (unpaired) electrons. The van der Waals surface area contributed by atoms with Crippen LogP contribution in [0.2, 0.25) is 0 Å². The summed E-state index contributed by atoms with van der Waals surface area (Å²) in [5.41, 5.74) is 10.5. The molecule has 5 rings (SSSR count). The maximum absolute atomic E-state index is 12.7. The third-order valence-electron chi connectivity index (χ3n) is 6.01. The van der Waals surface area contributed by atoms with Crippen molar-refractivity contribution >= 4 is 33.3 Å². The molecule has 1 aliphatic rings. The number of hydrogen-bond donors (Lipinski definition) is 3. The fraction of sp³-hybridized carbons (Fsp3) is 0.304. The van der Waals surface area contributed by atoms with Crippen molar-refractivity contribution in [2.24, 2.45) is 0 Å². The highest BCUT2D eigenvalue weighted by atomic mass is 16.5. The second kappa shape index (κ2) is 8.05. The minimum absolute atomic E-state index is 0.248. The zero-order valence-electron chi connectivity index (χ0n) is 17.5. The first kappa shape index (κ1) is 19.6. The summed E-state index contributed by atoms with van der Waals surface area (Å²) in [6.45, 7) is 5.69. The lowest BCUT2D eigenvalue weighted by molar-refractivity contribution is 0.144. The van der Waals surface area contributed by atoms with Gasteiger partial charge in [0.25, 0.3) is 5.56 Å². The fourth-order valence-corrected chi connectivity index (χ4v) is 4.27. The molecule has 0 aliphatic carbocycles. The summed E-state index contributed by atoms with van der Waals surface area (Å²) in [5, 5.41) is 0.810. The normalized spacial score (nSPS) is 15.2. The molecule has 2 aromatic carbocycles. The maximum atomic E-state index is 12.7. The van der Waals surface area contributed by atoms with Gasteiger partial charge in [0.05, 0.1) is 28.8 Å². The predicted octanol–water partition coefficient (Wildman–Crippen LogP) is 2.42. The van der Waals surface area contributed by atoms with Crippen molar-refractivity contribution in [3.05, 3.63) is 52.8 Å². The summed E-state index contributed by atoms with van der Waals surface area (Å²) in [7, 11) is 1.74. The van der Waals surface area contributed by atoms with Crippen LogP contribution in [0.4, 0.5) is 11.4 Å². The number of piperazine rings is 1. The largest absolute Gasteiger partial charge is 0.397 e. The van der Waals surface area contributed by atoms with E-state index < -0.39 is 0 Å². The minimum atomic E-state index is -0.248. The van der Waals surface area contributed by atoms with E-state index in [1.165, 1.54) is 0 Å². The highest BCUT2D eigenvalue weighted by Crippen LogP contribution is 2.29. The zero-order chi connectivity index (χ0) is 21.4. The van der Waals surface area contributed by atoms with Gasteiger partial charge in [-0.15, -0.1) is 0 Å². The van der Waals surface area contributed by atoms with E-state index in [0.717, 1.165) is 67.0 Å². The van der Waals surface area contributed by atoms with Crippen molar-refractivity contribution in [1.82, 2.24) is 19.9 Å². The summed E-state index contributed by atoms with van der Waals surface area (Å²) in [6.07, 6.45) is 0. The summed E-state index contributed by atoms with van der Waals surface area (Å²) < 4.78 is 5.18. The van der Waals surface area contributed by atoms with Gasteiger partial charge in [-0.05, 0) is 24.3 Å². The molecule has 0 unspecified atom stereocenters. The van der Waals surface area contributed by atoms with E-state index >= 15 is 0 Å². The van der Waals surface area contributed by atoms with E-state index in [0.29, 0.717) is 17.1 Å². The van der Waals surface area contributed by atoms with E-state index in [1.54, 1.807) is 7.11 Å². The number of fused-ring (bicyclic) bond motifs is 2. The number of nitrogens with two attached hydrogens (primary N) is 1. The van der Waals surface area contributed by atoms with Crippen molar-refractivity contribution in [3.8, 4) is 11.4 Å². The van der Waals surface area contributed by atoms with Gasteiger partial charge >= 0.3 is 0 Å². The molecule has 160 valence electrons. The number of hydrogen-bond acceptors (Lipinski definition) is 6. The van der Waals surface area contributed by atoms with Crippen LogP contribution in [0.3, 0.4) is 0 Å². The number of imidazole rings is 1. The molecular formula is C23H26N6O2. The van der Waals surface area contributed by atoms with Gasteiger partial charge in [0.1, 0.15) is 11.4 Å². The predicted molar refractivity (Wildman–Crippen MR) is 125 cm³/mol. The Morgan fingerprint density at radius 3 is 2.68 bits per heavy atom. The van der Waals surface area contributed by atoms with Crippen LogP contribution in [-0.2, 0) is 4.74 Å². The quantitative estimate of drug-likeness (QED) is 0.460. The molecule has 31 heavy (non-hydrogen) atoms. The van der Waals surface area contributed by atoms with Crippen LogP contribution in [0.1, 0.15) is 0 Å². The number of anilines is 2. The van der Waals surface area contributed by atoms with E-state index in [9.17, 15) is 4.79 Å². The SMILES string of the molecule is COCCN1CCN(c2ccc3nc(-c4c(N)c5ccccc5[nH]c4=O)[nH]c3c2)CC1. The Hall–Kier alpha value is -3.36. The second-order valence-electron chi connectivity index (χ2n) is 7.90. The Bertz CT molecular complexity index is 1290. The average Bonchev–Trinajstić information content (AvgIpc) is 3.21. The first-order valence-corrected chi connectivity index (χ1v) is 10.5. The Balaban J connectivity index is 1.45. The number of methoxy groups -OCH3 is 1. The van der Waals surface area contributed by atoms with Crippen molar-refractivity contribution in [3.63, 3.8) is 0 Å². The van der Waals surface area contributed by atoms with Crippen LogP contribution >= 0.6 is 0 Å². The Labute approximate surface area is 179 Å². The number of aromatic amines is 2. The van der Waals surface area contributed by atoms with Crippen LogP contribution in [0, 0.1) is 0 Å². The summed E-state index contributed by atoms with van der Waals surface area (Å²) in [4.78, 5) is 28.4. The number of nitrogen functional groups attached to an aromatic ring is 1. The van der Waals surface area contributed by atoms with Crippen LogP contribution < -0.4 is 16.2 Å². The van der Waals surface area contributed by atoms with Crippen molar-refractivity contribution in [2.75, 3.05) is 57.1 Å². The zero-order valence-corrected chi connectivity index (χ0v) is 17.5. The van der Waals surface area contributed by atoms with Crippen LogP contribution in [0.25, 0.3) is 33.3 Å². The fourth-order valence-electron chi connectivity index (χ4n) is 4.27. The standard InChI is InChI=1S/C23H26N6O2/c1-31-13-12-28-8-10-29(11-9-28)15-6-7-18-19(14-15)26-22(25-18)20-21(24)16-4-2-3-5-17(16)27-23(20)30/h2-7,14H,8-13H2,1H3,(H,25,26)(H3,24,27,30). The Morgan fingerprint density at radius 1 is 1.06 bits per heavy atom. The Kier molecular flexibility index (Phi) is 5.09. The number of para-hydroxylation sites is 1. The minimum Gasteiger partial charge on any atom is -0.397 e. The topological polar surface area (TPSA) is 103 Å². The molecule has 2 aromatic heterocycles. The third-order valence-corrected chi connectivity index (χ3v) is 6.01. The van der Waals surface area contributed by atoms with Crippen LogP contribution in [-0.4, -0.2) is 66.3 Å². The molecule has 8 nitrogen and oxygen atoms in total. The number of H-pyrrole nitrogens is 2. The third kappa shape index (κ3) is 3.64. The molecule has 0 atom stereocenters. The van der Waals surface area contributed by atoms with Gasteiger partial charge in [-0.1, -0.05) is 18.2 Å². The summed E-state index contributed by atoms with van der Waals surface area (Å²) >= 11 is 0. The molecule has 0 saturated carbocycles. The number of rotatable bonds is 5. The highest BCUT2D eigenvalue weighted by molar-refractivity contribution is 5.97. The van der Waals surface area contributed by atoms with E-state index in [2.05, 4.69) is 36.9 Å². The number of ether oxygens (including phenoxy) is 1. The van der Waals surface area contributed by atoms with Crippen molar-refractivity contribution in [1.29, 1.82) is 0 Å². The molecular weight excluding hydrogens is 392 g/mol. The van der Waals surface area contributed by atoms with Gasteiger partial charge in [0, 0.05) is 50.9 Å². The Morgan fingerprint density at radius 2 is 1.87 bits per heavy atom. The number of nitrogens with zero attached hydrogens (tertiary/aromatic N) is 3. The van der Waals surface area contributed by atoms with Gasteiger partial charge in [0.2, 0.25) is 0 Å². The molecule has 1 saturated heterocycles. The van der Waals surface area contributed by atoms with Gasteiger partial charge < -0.3 is 25.3 Å². The smallest absolute Gasteiger partial charge is 0.261 e. The van der Waals surface area contributed by atoms with E-state index in [-0.39, 0.29) is 5.56 Å². The molecule has 0 amide bonds. The molecule has 3 heterocycles. The first-order valence-electron chi connectivity index (χ1n) is 10.5. The maximum Gasteiger partial charge on any atom is 0.261 e. The summed E-state index contributed by atoms with van der Waals surface area (Å²) in [6, 6.07) is 13.7. The van der Waals surface area contributed by atoms with Gasteiger partial charge in [-0.3, -0.25) is 9.69 Å². The number of benzene rings is 2. The lowest BCUT2D eigenvalue weighted by Crippen LogP contribution is -2.47. The summed E-state index contributed by atoms with van der Waals surface area (Å²) in [5.74, 6) is 0.487. The van der Waals surface area contributed by atoms with Gasteiger partial charge in [0.15, 0.2) is 0 Å². The molecule has 0 bridgehead atoms. The monoisotopic (exact) mass is 418 g/mol. The van der Waals surface area contributed by atoms with Crippen LogP contribution in [0.15, 0.2) is 47.3 Å². The lowest BCUT2D eigenvalue weighted by atomic mass is 10.1. The molecule has 1 fully saturated rings. The molecule has 0 spiro atoms. The van der Waals surface area contributed by atoms with Crippen molar-refractivity contribution < 1.29 is 4.74 Å². The van der Waals surface area contributed by atoms with E-state index in [4.69, 9.17) is 10.5 Å². The number of aromatic nitrogens is 3. The molecule has 4 N–H and O–H groups in total. The number of nitrogens with one attached hydrogen (secondary N) is 2. The number of pyridine rings is 1. The van der Waals surface area contributed by atoms with Gasteiger partial charge in [-0.25, -0.2) is 4.98 Å².